The van der Waals surface area contributed by atoms with E-state index in [2.05, 4.69) is 20.5 Å². The first kappa shape index (κ1) is 16.9. The van der Waals surface area contributed by atoms with Crippen LogP contribution in [0.15, 0.2) is 0 Å². The number of morpholine rings is 1. The van der Waals surface area contributed by atoms with Crippen molar-refractivity contribution >= 4 is 11.8 Å². The number of H-pyrrole nitrogens is 1. The third kappa shape index (κ3) is 3.75. The summed E-state index contributed by atoms with van der Waals surface area (Å²) in [7, 11) is 0. The van der Waals surface area contributed by atoms with Crippen LogP contribution in [0.3, 0.4) is 0 Å². The van der Waals surface area contributed by atoms with E-state index in [1.54, 1.807) is 4.90 Å². The molecule has 24 heavy (non-hydrogen) atoms. The van der Waals surface area contributed by atoms with Crippen molar-refractivity contribution in [2.75, 3.05) is 19.7 Å². The minimum absolute atomic E-state index is 0.0161. The van der Waals surface area contributed by atoms with Crippen LogP contribution in [0.5, 0.6) is 0 Å². The molecule has 2 atom stereocenters. The van der Waals surface area contributed by atoms with Gasteiger partial charge in [-0.2, -0.15) is 5.10 Å². The number of nitrogens with zero attached hydrogens (tertiary/aromatic N) is 3. The lowest BCUT2D eigenvalue weighted by Crippen LogP contribution is -2.54. The van der Waals surface area contributed by atoms with Gasteiger partial charge in [-0.15, -0.1) is 0 Å². The van der Waals surface area contributed by atoms with Gasteiger partial charge in [-0.1, -0.05) is 12.8 Å². The van der Waals surface area contributed by atoms with Crippen molar-refractivity contribution in [1.82, 2.24) is 25.4 Å². The maximum atomic E-state index is 13.0. The summed E-state index contributed by atoms with van der Waals surface area (Å²) >= 11 is 0. The fraction of sp³-hybridized carbons (Fsp3) is 0.750. The van der Waals surface area contributed by atoms with E-state index in [1.165, 1.54) is 6.92 Å². The van der Waals surface area contributed by atoms with Gasteiger partial charge in [0.2, 0.25) is 11.8 Å². The molecule has 0 spiro atoms. The van der Waals surface area contributed by atoms with E-state index >= 15 is 0 Å². The summed E-state index contributed by atoms with van der Waals surface area (Å²) in [4.78, 5) is 30.6. The van der Waals surface area contributed by atoms with Crippen LogP contribution in [0.2, 0.25) is 0 Å². The number of carbonyl (C=O) groups is 2. The minimum Gasteiger partial charge on any atom is -0.366 e. The molecule has 1 aliphatic carbocycles. The molecule has 1 aromatic rings. The summed E-state index contributed by atoms with van der Waals surface area (Å²) in [5.74, 6) is 1.35. The van der Waals surface area contributed by atoms with Gasteiger partial charge < -0.3 is 15.0 Å². The van der Waals surface area contributed by atoms with Gasteiger partial charge in [0.15, 0.2) is 5.82 Å². The van der Waals surface area contributed by atoms with Gasteiger partial charge >= 0.3 is 0 Å². The number of aromatic nitrogens is 3. The van der Waals surface area contributed by atoms with E-state index in [4.69, 9.17) is 4.74 Å². The Labute approximate surface area is 141 Å². The highest BCUT2D eigenvalue weighted by atomic mass is 16.5. The molecule has 2 aliphatic rings. The molecule has 1 saturated heterocycles. The zero-order valence-electron chi connectivity index (χ0n) is 14.2. The number of nitrogens with one attached hydrogen (secondary N) is 2. The number of rotatable bonds is 4. The third-order valence-electron chi connectivity index (χ3n) is 4.78. The van der Waals surface area contributed by atoms with Crippen LogP contribution in [-0.2, 0) is 14.3 Å². The molecule has 8 nitrogen and oxygen atoms in total. The lowest BCUT2D eigenvalue weighted by atomic mass is 9.96. The van der Waals surface area contributed by atoms with Crippen molar-refractivity contribution < 1.29 is 14.3 Å². The predicted molar refractivity (Wildman–Crippen MR) is 86.0 cm³/mol. The quantitative estimate of drug-likeness (QED) is 0.844. The summed E-state index contributed by atoms with van der Waals surface area (Å²) in [5.41, 5.74) is 0. The van der Waals surface area contributed by atoms with Crippen molar-refractivity contribution in [3.05, 3.63) is 11.6 Å². The molecule has 0 radical (unpaired) electrons. The predicted octanol–water partition coefficient (Wildman–Crippen LogP) is 0.708. The molecule has 2 amide bonds. The van der Waals surface area contributed by atoms with Gasteiger partial charge in [-0.3, -0.25) is 14.7 Å². The van der Waals surface area contributed by atoms with Crippen LogP contribution in [-0.4, -0.2) is 57.6 Å². The average molecular weight is 335 g/mol. The van der Waals surface area contributed by atoms with E-state index in [0.717, 1.165) is 31.5 Å². The van der Waals surface area contributed by atoms with Gasteiger partial charge in [0.1, 0.15) is 18.0 Å². The first-order valence-electron chi connectivity index (χ1n) is 8.61. The van der Waals surface area contributed by atoms with Gasteiger partial charge in [-0.05, 0) is 25.7 Å². The van der Waals surface area contributed by atoms with Crippen LogP contribution in [0, 0.1) is 12.8 Å². The Morgan fingerprint density at radius 1 is 1.38 bits per heavy atom. The number of ether oxygens (including phenoxy) is 1. The Morgan fingerprint density at radius 2 is 2.12 bits per heavy atom. The molecule has 0 bridgehead atoms. The summed E-state index contributed by atoms with van der Waals surface area (Å²) in [6, 6.07) is -0.433. The lowest BCUT2D eigenvalue weighted by Gasteiger charge is -2.35. The van der Waals surface area contributed by atoms with Crippen molar-refractivity contribution in [1.29, 1.82) is 0 Å². The van der Waals surface area contributed by atoms with Crippen molar-refractivity contribution in [2.24, 2.45) is 5.92 Å². The molecule has 2 N–H and O–H groups in total. The molecule has 8 heteroatoms. The summed E-state index contributed by atoms with van der Waals surface area (Å²) in [6.07, 6.45) is 3.90. The third-order valence-corrected chi connectivity index (χ3v) is 4.78. The zero-order chi connectivity index (χ0) is 17.1. The molecule has 1 aromatic heterocycles. The number of aryl methyl sites for hydroxylation is 1. The second-order valence-corrected chi connectivity index (χ2v) is 6.65. The van der Waals surface area contributed by atoms with Crippen LogP contribution in [0.4, 0.5) is 0 Å². The van der Waals surface area contributed by atoms with Gasteiger partial charge in [-0.25, -0.2) is 4.98 Å². The molecule has 0 unspecified atom stereocenters. The fourth-order valence-corrected chi connectivity index (χ4v) is 3.60. The van der Waals surface area contributed by atoms with Gasteiger partial charge in [0.05, 0.1) is 13.2 Å². The Kier molecular flexibility index (Phi) is 5.13. The molecular weight excluding hydrogens is 310 g/mol. The second kappa shape index (κ2) is 7.29. The van der Waals surface area contributed by atoms with E-state index < -0.39 is 6.04 Å². The average Bonchev–Trinajstić information content (AvgIpc) is 3.23. The Hall–Kier alpha value is -1.96. The lowest BCUT2D eigenvalue weighted by molar-refractivity contribution is -0.144. The number of hydrogen-bond acceptors (Lipinski definition) is 5. The Morgan fingerprint density at radius 3 is 2.75 bits per heavy atom. The van der Waals surface area contributed by atoms with Gasteiger partial charge in [0, 0.05) is 13.5 Å². The van der Waals surface area contributed by atoms with E-state index in [-0.39, 0.29) is 23.8 Å². The summed E-state index contributed by atoms with van der Waals surface area (Å²) in [6.45, 7) is 4.69. The SMILES string of the molecule is CC(=O)N[C@@H](C(=O)N1CCO[C@@H](c2n[nH]c(C)n2)C1)C1CCCC1. The highest BCUT2D eigenvalue weighted by Gasteiger charge is 2.36. The number of carbonyl (C=O) groups excluding carboxylic acids is 2. The summed E-state index contributed by atoms with van der Waals surface area (Å²) < 4.78 is 5.72. The smallest absolute Gasteiger partial charge is 0.245 e. The standard InChI is InChI=1S/C16H25N5O3/c1-10-17-15(20-19-10)13-9-21(7-8-24-13)16(23)14(18-11(2)22)12-5-3-4-6-12/h12-14H,3-9H2,1-2H3,(H,18,22)(H,17,19,20)/t13-,14-/m1/s1. The molecule has 2 heterocycles. The van der Waals surface area contributed by atoms with Crippen LogP contribution >= 0.6 is 0 Å². The maximum Gasteiger partial charge on any atom is 0.245 e. The second-order valence-electron chi connectivity index (χ2n) is 6.65. The largest absolute Gasteiger partial charge is 0.366 e. The van der Waals surface area contributed by atoms with Crippen molar-refractivity contribution in [3.63, 3.8) is 0 Å². The Balaban J connectivity index is 1.70. The molecular formula is C16H25N5O3. The van der Waals surface area contributed by atoms with E-state index in [0.29, 0.717) is 25.5 Å². The first-order chi connectivity index (χ1) is 11.5. The molecule has 1 saturated carbocycles. The van der Waals surface area contributed by atoms with Crippen molar-refractivity contribution in [2.45, 2.75) is 51.7 Å². The topological polar surface area (TPSA) is 100 Å². The minimum atomic E-state index is -0.433. The fourth-order valence-electron chi connectivity index (χ4n) is 3.60. The molecule has 3 rings (SSSR count). The number of aromatic amines is 1. The highest BCUT2D eigenvalue weighted by molar-refractivity contribution is 5.87. The normalized spacial score (nSPS) is 23.2. The van der Waals surface area contributed by atoms with Crippen LogP contribution < -0.4 is 5.32 Å². The maximum absolute atomic E-state index is 13.0. The van der Waals surface area contributed by atoms with Crippen molar-refractivity contribution in [3.8, 4) is 0 Å². The van der Waals surface area contributed by atoms with Crippen LogP contribution in [0.25, 0.3) is 0 Å². The summed E-state index contributed by atoms with van der Waals surface area (Å²) in [5, 5.41) is 9.81. The number of hydrogen-bond donors (Lipinski definition) is 2. The highest BCUT2D eigenvalue weighted by Crippen LogP contribution is 2.29. The number of amides is 2. The Bertz CT molecular complexity index is 596. The zero-order valence-corrected chi connectivity index (χ0v) is 14.2. The molecule has 0 aromatic carbocycles. The molecule has 1 aliphatic heterocycles. The molecule has 2 fully saturated rings. The van der Waals surface area contributed by atoms with Gasteiger partial charge in [0.25, 0.3) is 0 Å². The van der Waals surface area contributed by atoms with Crippen LogP contribution in [0.1, 0.15) is 50.4 Å². The molecule has 132 valence electrons. The van der Waals surface area contributed by atoms with E-state index in [1.807, 2.05) is 6.92 Å². The monoisotopic (exact) mass is 335 g/mol. The van der Waals surface area contributed by atoms with E-state index in [9.17, 15) is 9.59 Å². The first-order valence-corrected chi connectivity index (χ1v) is 8.61.